The third-order valence-corrected chi connectivity index (χ3v) is 3.55. The molecular weight excluding hydrogens is 232 g/mol. The van der Waals surface area contributed by atoms with Crippen molar-refractivity contribution in [3.8, 4) is 0 Å². The first kappa shape index (κ1) is 15.4. The molecule has 1 N–H and O–H groups in total. The molecule has 1 heterocycles. The second-order valence-electron chi connectivity index (χ2n) is 4.66. The van der Waals surface area contributed by atoms with Gasteiger partial charge in [-0.25, -0.2) is 0 Å². The van der Waals surface area contributed by atoms with E-state index in [1.165, 1.54) is 0 Å². The number of ether oxygens (including phenoxy) is 1. The third kappa shape index (κ3) is 4.55. The molecule has 0 aromatic carbocycles. The van der Waals surface area contributed by atoms with Gasteiger partial charge in [0.1, 0.15) is 0 Å². The Labute approximate surface area is 110 Å². The lowest BCUT2D eigenvalue weighted by atomic mass is 10.1. The molecule has 1 saturated heterocycles. The highest BCUT2D eigenvalue weighted by Gasteiger charge is 2.22. The maximum Gasteiger partial charge on any atom is 0.236 e. The highest BCUT2D eigenvalue weighted by Crippen LogP contribution is 2.09. The number of nitrogens with zero attached hydrogens (tertiary/aromatic N) is 2. The Morgan fingerprint density at radius 2 is 1.94 bits per heavy atom. The minimum atomic E-state index is 0.104. The van der Waals surface area contributed by atoms with Crippen molar-refractivity contribution in [2.45, 2.75) is 32.7 Å². The van der Waals surface area contributed by atoms with Crippen LogP contribution in [0.15, 0.2) is 0 Å². The number of carbonyl (C=O) groups is 1. The highest BCUT2D eigenvalue weighted by atomic mass is 16.5. The standard InChI is InChI=1S/C13H26N2O3/c1-3-12(4-2)15(5-8-16)11-13(17)14-6-9-18-10-7-14/h12,16H,3-11H2,1-2H3. The predicted octanol–water partition coefficient (Wildman–Crippen LogP) is 0.328. The Morgan fingerprint density at radius 1 is 1.33 bits per heavy atom. The van der Waals surface area contributed by atoms with E-state index < -0.39 is 0 Å². The van der Waals surface area contributed by atoms with Crippen molar-refractivity contribution in [2.75, 3.05) is 46.0 Å². The second kappa shape index (κ2) is 8.45. The summed E-state index contributed by atoms with van der Waals surface area (Å²) in [4.78, 5) is 16.1. The molecule has 1 aliphatic heterocycles. The normalized spacial score (nSPS) is 16.6. The van der Waals surface area contributed by atoms with Crippen molar-refractivity contribution in [1.82, 2.24) is 9.80 Å². The van der Waals surface area contributed by atoms with Crippen LogP contribution in [-0.2, 0) is 9.53 Å². The van der Waals surface area contributed by atoms with Crippen molar-refractivity contribution < 1.29 is 14.6 Å². The van der Waals surface area contributed by atoms with Gasteiger partial charge in [0.2, 0.25) is 5.91 Å². The molecule has 0 aliphatic carbocycles. The molecule has 0 unspecified atom stereocenters. The van der Waals surface area contributed by atoms with Crippen molar-refractivity contribution in [2.24, 2.45) is 0 Å². The van der Waals surface area contributed by atoms with Gasteiger partial charge in [-0.3, -0.25) is 9.69 Å². The number of morpholine rings is 1. The van der Waals surface area contributed by atoms with E-state index in [0.717, 1.165) is 12.8 Å². The molecule has 0 spiro atoms. The van der Waals surface area contributed by atoms with Crippen LogP contribution in [0.2, 0.25) is 0 Å². The number of aliphatic hydroxyl groups is 1. The number of hydrogen-bond donors (Lipinski definition) is 1. The van der Waals surface area contributed by atoms with Crippen LogP contribution in [0.3, 0.4) is 0 Å². The van der Waals surface area contributed by atoms with Crippen molar-refractivity contribution in [3.63, 3.8) is 0 Å². The Kier molecular flexibility index (Phi) is 7.23. The van der Waals surface area contributed by atoms with E-state index in [2.05, 4.69) is 18.7 Å². The van der Waals surface area contributed by atoms with Crippen LogP contribution in [-0.4, -0.2) is 72.9 Å². The van der Waals surface area contributed by atoms with Gasteiger partial charge in [-0.05, 0) is 12.8 Å². The molecule has 0 bridgehead atoms. The topological polar surface area (TPSA) is 53.0 Å². The molecule has 1 amide bonds. The van der Waals surface area contributed by atoms with Gasteiger partial charge in [0.15, 0.2) is 0 Å². The fraction of sp³-hybridized carbons (Fsp3) is 0.923. The number of aliphatic hydroxyl groups excluding tert-OH is 1. The SMILES string of the molecule is CCC(CC)N(CCO)CC(=O)N1CCOCC1. The van der Waals surface area contributed by atoms with E-state index in [0.29, 0.717) is 45.4 Å². The van der Waals surface area contributed by atoms with Crippen LogP contribution >= 0.6 is 0 Å². The lowest BCUT2D eigenvalue weighted by Gasteiger charge is -2.33. The van der Waals surface area contributed by atoms with E-state index in [9.17, 15) is 4.79 Å². The molecule has 5 nitrogen and oxygen atoms in total. The summed E-state index contributed by atoms with van der Waals surface area (Å²) in [5.41, 5.74) is 0. The van der Waals surface area contributed by atoms with Crippen LogP contribution in [0, 0.1) is 0 Å². The fourth-order valence-electron chi connectivity index (χ4n) is 2.41. The molecule has 0 saturated carbocycles. The van der Waals surface area contributed by atoms with Gasteiger partial charge in [-0.2, -0.15) is 0 Å². The molecule has 0 radical (unpaired) electrons. The van der Waals surface area contributed by atoms with Crippen LogP contribution in [0.1, 0.15) is 26.7 Å². The highest BCUT2D eigenvalue weighted by molar-refractivity contribution is 5.78. The first-order chi connectivity index (χ1) is 8.72. The molecule has 0 aromatic rings. The van der Waals surface area contributed by atoms with E-state index >= 15 is 0 Å². The van der Waals surface area contributed by atoms with Gasteiger partial charge >= 0.3 is 0 Å². The molecular formula is C13H26N2O3. The van der Waals surface area contributed by atoms with Crippen LogP contribution in [0.4, 0.5) is 0 Å². The van der Waals surface area contributed by atoms with Crippen LogP contribution in [0.5, 0.6) is 0 Å². The van der Waals surface area contributed by atoms with Crippen LogP contribution < -0.4 is 0 Å². The summed E-state index contributed by atoms with van der Waals surface area (Å²) in [6.45, 7) is 7.98. The second-order valence-corrected chi connectivity index (χ2v) is 4.66. The largest absolute Gasteiger partial charge is 0.395 e. The Bertz CT molecular complexity index is 238. The first-order valence-corrected chi connectivity index (χ1v) is 6.93. The third-order valence-electron chi connectivity index (χ3n) is 3.55. The zero-order valence-electron chi connectivity index (χ0n) is 11.6. The Hall–Kier alpha value is -0.650. The maximum absolute atomic E-state index is 12.2. The number of amides is 1. The van der Waals surface area contributed by atoms with E-state index in [4.69, 9.17) is 9.84 Å². The molecule has 0 aromatic heterocycles. The summed E-state index contributed by atoms with van der Waals surface area (Å²) in [5, 5.41) is 9.11. The summed E-state index contributed by atoms with van der Waals surface area (Å²) >= 11 is 0. The van der Waals surface area contributed by atoms with Gasteiger partial charge in [0, 0.05) is 25.7 Å². The zero-order chi connectivity index (χ0) is 13.4. The Balaban J connectivity index is 2.50. The molecule has 1 fully saturated rings. The summed E-state index contributed by atoms with van der Waals surface area (Å²) in [7, 11) is 0. The van der Waals surface area contributed by atoms with Gasteiger partial charge in [0.25, 0.3) is 0 Å². The molecule has 1 aliphatic rings. The van der Waals surface area contributed by atoms with E-state index in [1.807, 2.05) is 4.90 Å². The van der Waals surface area contributed by atoms with Gasteiger partial charge in [-0.15, -0.1) is 0 Å². The fourth-order valence-corrected chi connectivity index (χ4v) is 2.41. The smallest absolute Gasteiger partial charge is 0.236 e. The van der Waals surface area contributed by atoms with Crippen molar-refractivity contribution in [1.29, 1.82) is 0 Å². The van der Waals surface area contributed by atoms with Crippen molar-refractivity contribution >= 4 is 5.91 Å². The summed E-state index contributed by atoms with van der Waals surface area (Å²) in [6, 6.07) is 0.377. The van der Waals surface area contributed by atoms with Gasteiger partial charge in [0.05, 0.1) is 26.4 Å². The lowest BCUT2D eigenvalue weighted by molar-refractivity contribution is -0.137. The quantitative estimate of drug-likeness (QED) is 0.715. The number of rotatable bonds is 7. The predicted molar refractivity (Wildman–Crippen MR) is 70.4 cm³/mol. The van der Waals surface area contributed by atoms with Crippen molar-refractivity contribution in [3.05, 3.63) is 0 Å². The lowest BCUT2D eigenvalue weighted by Crippen LogP contribution is -2.48. The summed E-state index contributed by atoms with van der Waals surface area (Å²) in [6.07, 6.45) is 2.01. The molecule has 106 valence electrons. The minimum Gasteiger partial charge on any atom is -0.395 e. The monoisotopic (exact) mass is 258 g/mol. The maximum atomic E-state index is 12.2. The number of hydrogen-bond acceptors (Lipinski definition) is 4. The van der Waals surface area contributed by atoms with Gasteiger partial charge in [-0.1, -0.05) is 13.8 Å². The molecule has 5 heteroatoms. The first-order valence-electron chi connectivity index (χ1n) is 6.93. The van der Waals surface area contributed by atoms with Gasteiger partial charge < -0.3 is 14.7 Å². The average Bonchev–Trinajstić information content (AvgIpc) is 2.41. The summed E-state index contributed by atoms with van der Waals surface area (Å²) in [5.74, 6) is 0.152. The minimum absolute atomic E-state index is 0.104. The average molecular weight is 258 g/mol. The Morgan fingerprint density at radius 3 is 2.44 bits per heavy atom. The van der Waals surface area contributed by atoms with Crippen LogP contribution in [0.25, 0.3) is 0 Å². The zero-order valence-corrected chi connectivity index (χ0v) is 11.6. The molecule has 1 rings (SSSR count). The number of carbonyl (C=O) groups excluding carboxylic acids is 1. The van der Waals surface area contributed by atoms with E-state index in [-0.39, 0.29) is 12.5 Å². The molecule has 18 heavy (non-hydrogen) atoms. The summed E-state index contributed by atoms with van der Waals surface area (Å²) < 4.78 is 5.24. The van der Waals surface area contributed by atoms with E-state index in [1.54, 1.807) is 0 Å². The molecule has 0 atom stereocenters.